The predicted molar refractivity (Wildman–Crippen MR) is 90.4 cm³/mol. The van der Waals surface area contributed by atoms with E-state index in [1.807, 2.05) is 11.3 Å². The van der Waals surface area contributed by atoms with Crippen LogP contribution in [0.5, 0.6) is 0 Å². The first kappa shape index (κ1) is 15.7. The maximum atomic E-state index is 4.84. The first-order valence-electron chi connectivity index (χ1n) is 7.15. The minimum atomic E-state index is 0.931. The second kappa shape index (κ2) is 7.91. The molecular weight excluding hydrogens is 332 g/mol. The van der Waals surface area contributed by atoms with Crippen molar-refractivity contribution in [2.24, 2.45) is 0 Å². The lowest BCUT2D eigenvalue weighted by atomic mass is 10.1. The molecule has 0 spiro atoms. The number of aromatic nitrogens is 1. The SMILES string of the molecule is CCCc1nc(Cc2ccc(Br)cc2)sc1CNCC. The molecule has 0 bridgehead atoms. The maximum absolute atomic E-state index is 4.84. The normalized spacial score (nSPS) is 10.9. The van der Waals surface area contributed by atoms with Gasteiger partial charge in [0.15, 0.2) is 0 Å². The number of thiazole rings is 1. The predicted octanol–water partition coefficient (Wildman–Crippen LogP) is 4.56. The van der Waals surface area contributed by atoms with Crippen molar-refractivity contribution in [3.8, 4) is 0 Å². The fourth-order valence-corrected chi connectivity index (χ4v) is 3.48. The number of hydrogen-bond acceptors (Lipinski definition) is 3. The first-order valence-corrected chi connectivity index (χ1v) is 8.76. The van der Waals surface area contributed by atoms with Gasteiger partial charge in [-0.05, 0) is 30.7 Å². The summed E-state index contributed by atoms with van der Waals surface area (Å²) in [6.07, 6.45) is 3.17. The van der Waals surface area contributed by atoms with E-state index >= 15 is 0 Å². The van der Waals surface area contributed by atoms with Crippen molar-refractivity contribution in [3.63, 3.8) is 0 Å². The molecule has 1 heterocycles. The molecule has 0 unspecified atom stereocenters. The van der Waals surface area contributed by atoms with Gasteiger partial charge in [0.25, 0.3) is 0 Å². The summed E-state index contributed by atoms with van der Waals surface area (Å²) >= 11 is 5.33. The molecule has 108 valence electrons. The Hall–Kier alpha value is -0.710. The molecule has 2 rings (SSSR count). The fraction of sp³-hybridized carbons (Fsp3) is 0.438. The van der Waals surface area contributed by atoms with Gasteiger partial charge in [0, 0.05) is 22.3 Å². The Morgan fingerprint density at radius 1 is 1.20 bits per heavy atom. The van der Waals surface area contributed by atoms with E-state index < -0.39 is 0 Å². The van der Waals surface area contributed by atoms with Gasteiger partial charge in [-0.2, -0.15) is 0 Å². The van der Waals surface area contributed by atoms with Crippen molar-refractivity contribution in [1.29, 1.82) is 0 Å². The zero-order valence-electron chi connectivity index (χ0n) is 12.1. The summed E-state index contributed by atoms with van der Waals surface area (Å²) in [5.74, 6) is 0. The second-order valence-corrected chi connectivity index (χ2v) is 6.89. The summed E-state index contributed by atoms with van der Waals surface area (Å²) in [4.78, 5) is 6.24. The molecule has 2 aromatic rings. The van der Waals surface area contributed by atoms with Gasteiger partial charge < -0.3 is 5.32 Å². The van der Waals surface area contributed by atoms with Crippen molar-refractivity contribution in [3.05, 3.63) is 49.9 Å². The van der Waals surface area contributed by atoms with Gasteiger partial charge in [-0.3, -0.25) is 0 Å². The van der Waals surface area contributed by atoms with Crippen molar-refractivity contribution in [1.82, 2.24) is 10.3 Å². The van der Waals surface area contributed by atoms with E-state index in [0.717, 1.165) is 36.8 Å². The van der Waals surface area contributed by atoms with E-state index in [-0.39, 0.29) is 0 Å². The van der Waals surface area contributed by atoms with E-state index in [9.17, 15) is 0 Å². The quantitative estimate of drug-likeness (QED) is 0.789. The molecular formula is C16H21BrN2S. The van der Waals surface area contributed by atoms with Crippen LogP contribution in [0.2, 0.25) is 0 Å². The zero-order chi connectivity index (χ0) is 14.4. The Morgan fingerprint density at radius 2 is 1.95 bits per heavy atom. The largest absolute Gasteiger partial charge is 0.312 e. The average Bonchev–Trinajstić information content (AvgIpc) is 2.81. The lowest BCUT2D eigenvalue weighted by molar-refractivity contribution is 0.723. The van der Waals surface area contributed by atoms with E-state index in [4.69, 9.17) is 4.98 Å². The van der Waals surface area contributed by atoms with Crippen LogP contribution in [0.15, 0.2) is 28.7 Å². The molecule has 2 nitrogen and oxygen atoms in total. The Bertz CT molecular complexity index is 534. The van der Waals surface area contributed by atoms with Crippen LogP contribution in [0.3, 0.4) is 0 Å². The summed E-state index contributed by atoms with van der Waals surface area (Å²) in [6, 6.07) is 8.51. The summed E-state index contributed by atoms with van der Waals surface area (Å²) in [5, 5.41) is 4.64. The number of benzene rings is 1. The fourth-order valence-electron chi connectivity index (χ4n) is 2.10. The second-order valence-electron chi connectivity index (χ2n) is 4.81. The molecule has 0 aliphatic heterocycles. The first-order chi connectivity index (χ1) is 9.72. The summed E-state index contributed by atoms with van der Waals surface area (Å²) < 4.78 is 1.12. The van der Waals surface area contributed by atoms with Crippen molar-refractivity contribution in [2.75, 3.05) is 6.54 Å². The van der Waals surface area contributed by atoms with Gasteiger partial charge in [-0.25, -0.2) is 4.98 Å². The van der Waals surface area contributed by atoms with E-state index in [0.29, 0.717) is 0 Å². The highest BCUT2D eigenvalue weighted by Crippen LogP contribution is 2.23. The number of nitrogens with one attached hydrogen (secondary N) is 1. The van der Waals surface area contributed by atoms with Crippen LogP contribution in [0.25, 0.3) is 0 Å². The van der Waals surface area contributed by atoms with Gasteiger partial charge in [0.05, 0.1) is 10.7 Å². The van der Waals surface area contributed by atoms with Crippen molar-refractivity contribution < 1.29 is 0 Å². The standard InChI is InChI=1S/C16H21BrN2S/c1-3-5-14-15(11-18-4-2)20-16(19-14)10-12-6-8-13(17)9-7-12/h6-9,18H,3-5,10-11H2,1-2H3. The van der Waals surface area contributed by atoms with Crippen LogP contribution in [0, 0.1) is 0 Å². The summed E-state index contributed by atoms with van der Waals surface area (Å²) in [5.41, 5.74) is 2.60. The lowest BCUT2D eigenvalue weighted by Gasteiger charge is -2.00. The lowest BCUT2D eigenvalue weighted by Crippen LogP contribution is -2.11. The third-order valence-corrected chi connectivity index (χ3v) is 4.74. The van der Waals surface area contributed by atoms with E-state index in [1.165, 1.54) is 21.1 Å². The molecule has 20 heavy (non-hydrogen) atoms. The highest BCUT2D eigenvalue weighted by Gasteiger charge is 2.10. The number of hydrogen-bond donors (Lipinski definition) is 1. The molecule has 0 aliphatic rings. The number of aryl methyl sites for hydroxylation is 1. The highest BCUT2D eigenvalue weighted by atomic mass is 79.9. The third kappa shape index (κ3) is 4.40. The van der Waals surface area contributed by atoms with Gasteiger partial charge in [-0.15, -0.1) is 11.3 Å². The Morgan fingerprint density at radius 3 is 2.60 bits per heavy atom. The van der Waals surface area contributed by atoms with Crippen molar-refractivity contribution in [2.45, 2.75) is 39.7 Å². The minimum absolute atomic E-state index is 0.931. The molecule has 0 saturated heterocycles. The van der Waals surface area contributed by atoms with Gasteiger partial charge in [0.2, 0.25) is 0 Å². The maximum Gasteiger partial charge on any atom is 0.0975 e. The minimum Gasteiger partial charge on any atom is -0.312 e. The topological polar surface area (TPSA) is 24.9 Å². The molecule has 1 aromatic heterocycles. The van der Waals surface area contributed by atoms with Crippen molar-refractivity contribution >= 4 is 27.3 Å². The number of nitrogens with zero attached hydrogens (tertiary/aromatic N) is 1. The van der Waals surface area contributed by atoms with Crippen LogP contribution in [0.4, 0.5) is 0 Å². The van der Waals surface area contributed by atoms with Gasteiger partial charge in [0.1, 0.15) is 0 Å². The van der Waals surface area contributed by atoms with Gasteiger partial charge in [-0.1, -0.05) is 48.3 Å². The summed E-state index contributed by atoms with van der Waals surface area (Å²) in [6.45, 7) is 6.31. The van der Waals surface area contributed by atoms with Crippen LogP contribution in [-0.4, -0.2) is 11.5 Å². The van der Waals surface area contributed by atoms with E-state index in [2.05, 4.69) is 59.4 Å². The average molecular weight is 353 g/mol. The monoisotopic (exact) mass is 352 g/mol. The smallest absolute Gasteiger partial charge is 0.0975 e. The van der Waals surface area contributed by atoms with Crippen LogP contribution in [-0.2, 0) is 19.4 Å². The molecule has 0 radical (unpaired) electrons. The Balaban J connectivity index is 2.12. The highest BCUT2D eigenvalue weighted by molar-refractivity contribution is 9.10. The molecule has 1 aromatic carbocycles. The Labute approximate surface area is 133 Å². The Kier molecular flexibility index (Phi) is 6.20. The van der Waals surface area contributed by atoms with E-state index in [1.54, 1.807) is 0 Å². The van der Waals surface area contributed by atoms with Crippen LogP contribution >= 0.6 is 27.3 Å². The molecule has 1 N–H and O–H groups in total. The summed E-state index contributed by atoms with van der Waals surface area (Å²) in [7, 11) is 0. The number of rotatable bonds is 7. The molecule has 0 fully saturated rings. The third-order valence-electron chi connectivity index (χ3n) is 3.11. The molecule has 0 aliphatic carbocycles. The molecule has 0 saturated carbocycles. The molecule has 0 amide bonds. The number of halogens is 1. The molecule has 0 atom stereocenters. The molecule has 4 heteroatoms. The van der Waals surface area contributed by atoms with Crippen LogP contribution in [0.1, 0.15) is 41.4 Å². The van der Waals surface area contributed by atoms with Gasteiger partial charge >= 0.3 is 0 Å². The van der Waals surface area contributed by atoms with Crippen LogP contribution < -0.4 is 5.32 Å². The zero-order valence-corrected chi connectivity index (χ0v) is 14.5.